The number of nitrogens with zero attached hydrogens (tertiary/aromatic N) is 3. The van der Waals surface area contributed by atoms with Crippen LogP contribution < -0.4 is 0 Å². The minimum absolute atomic E-state index is 0.0424. The molecule has 1 aromatic carbocycles. The summed E-state index contributed by atoms with van der Waals surface area (Å²) >= 11 is 0. The summed E-state index contributed by atoms with van der Waals surface area (Å²) in [6.45, 7) is 4.52. The maximum atomic E-state index is 12.3. The number of amides is 1. The van der Waals surface area contributed by atoms with E-state index in [2.05, 4.69) is 4.40 Å². The first-order valence-corrected chi connectivity index (χ1v) is 10.8. The highest BCUT2D eigenvalue weighted by molar-refractivity contribution is 7.90. The van der Waals surface area contributed by atoms with Crippen LogP contribution >= 0.6 is 0 Å². The van der Waals surface area contributed by atoms with Gasteiger partial charge in [0.15, 0.2) is 12.4 Å². The van der Waals surface area contributed by atoms with Gasteiger partial charge in [0.25, 0.3) is 15.9 Å². The number of likely N-dealkylation sites (N-methyl/N-ethyl adjacent to an activating group) is 1. The average Bonchev–Trinajstić information content (AvgIpc) is 2.96. The summed E-state index contributed by atoms with van der Waals surface area (Å²) in [5.41, 5.74) is 0.603. The first-order chi connectivity index (χ1) is 13.2. The number of piperidine rings is 1. The van der Waals surface area contributed by atoms with Gasteiger partial charge in [-0.05, 0) is 38.8 Å². The highest BCUT2D eigenvalue weighted by Crippen LogP contribution is 2.29. The average molecular weight is 407 g/mol. The molecule has 0 spiro atoms. The topological polar surface area (TPSA) is 96.3 Å². The maximum Gasteiger partial charge on any atom is 0.309 e. The normalized spacial score (nSPS) is 18.6. The number of rotatable bonds is 4. The van der Waals surface area contributed by atoms with Crippen molar-refractivity contribution in [3.8, 4) is 0 Å². The largest absolute Gasteiger partial charge is 0.455 e. The van der Waals surface area contributed by atoms with Crippen LogP contribution in [0.1, 0.15) is 32.3 Å². The van der Waals surface area contributed by atoms with Crippen LogP contribution in [0.3, 0.4) is 0 Å². The first kappa shape index (κ1) is 20.3. The number of carbonyl (C=O) groups excluding carboxylic acids is 2. The zero-order valence-corrected chi connectivity index (χ0v) is 17.1. The van der Waals surface area contributed by atoms with E-state index >= 15 is 0 Å². The van der Waals surface area contributed by atoms with Crippen LogP contribution in [0.5, 0.6) is 0 Å². The Morgan fingerprint density at radius 1 is 1.25 bits per heavy atom. The molecule has 2 aliphatic heterocycles. The van der Waals surface area contributed by atoms with Crippen LogP contribution in [0.2, 0.25) is 0 Å². The van der Waals surface area contributed by atoms with Crippen LogP contribution in [0.25, 0.3) is 0 Å². The number of ether oxygens (including phenoxy) is 1. The fraction of sp³-hybridized carbons (Fsp3) is 0.526. The van der Waals surface area contributed by atoms with E-state index in [-0.39, 0.29) is 35.3 Å². The number of likely N-dealkylation sites (tertiary alicyclic amines) is 1. The van der Waals surface area contributed by atoms with Crippen molar-refractivity contribution in [3.63, 3.8) is 0 Å². The second kappa shape index (κ2) is 7.90. The minimum atomic E-state index is -3.65. The van der Waals surface area contributed by atoms with Crippen LogP contribution in [0.4, 0.5) is 0 Å². The fourth-order valence-corrected chi connectivity index (χ4v) is 4.51. The lowest BCUT2D eigenvalue weighted by Gasteiger charge is -2.32. The minimum Gasteiger partial charge on any atom is -0.455 e. The van der Waals surface area contributed by atoms with E-state index in [1.807, 2.05) is 18.7 Å². The van der Waals surface area contributed by atoms with Gasteiger partial charge in [0.1, 0.15) is 4.90 Å². The van der Waals surface area contributed by atoms with Crippen LogP contribution in [0, 0.1) is 5.92 Å². The molecule has 0 unspecified atom stereocenters. The van der Waals surface area contributed by atoms with Crippen LogP contribution in [0.15, 0.2) is 33.6 Å². The first-order valence-electron chi connectivity index (χ1n) is 9.32. The van der Waals surface area contributed by atoms with Gasteiger partial charge in [-0.3, -0.25) is 9.59 Å². The number of sulfonamides is 1. The highest BCUT2D eigenvalue weighted by Gasteiger charge is 2.35. The molecular formula is C19H25N3O5S. The molecular weight excluding hydrogens is 382 g/mol. The molecule has 0 N–H and O–H groups in total. The zero-order valence-electron chi connectivity index (χ0n) is 16.3. The Hall–Kier alpha value is -2.42. The summed E-state index contributed by atoms with van der Waals surface area (Å²) in [6.07, 6.45) is 1.04. The van der Waals surface area contributed by atoms with Gasteiger partial charge >= 0.3 is 5.97 Å². The van der Waals surface area contributed by atoms with E-state index in [0.29, 0.717) is 37.3 Å². The molecule has 0 aromatic heterocycles. The summed E-state index contributed by atoms with van der Waals surface area (Å²) in [6, 6.07) is 6.80. The third-order valence-corrected chi connectivity index (χ3v) is 6.57. The Balaban J connectivity index is 1.57. The highest BCUT2D eigenvalue weighted by atomic mass is 32.2. The van der Waals surface area contributed by atoms with Crippen LogP contribution in [-0.2, 0) is 24.3 Å². The standard InChI is InChI=1S/C19H25N3O5S/c1-13(2)21(3)17(23)12-27-19(24)14-8-10-22(11-9-14)18-15-6-4-5-7-16(15)28(25,26)20-18/h4-7,13-14H,8-12H2,1-3H3. The number of carbonyl (C=O) groups is 2. The number of benzene rings is 1. The lowest BCUT2D eigenvalue weighted by Crippen LogP contribution is -2.41. The van der Waals surface area contributed by atoms with Gasteiger partial charge in [0, 0.05) is 31.7 Å². The monoisotopic (exact) mass is 407 g/mol. The molecule has 0 atom stereocenters. The molecule has 3 rings (SSSR count). The molecule has 1 saturated heterocycles. The van der Waals surface area contributed by atoms with Crippen molar-refractivity contribution in [2.75, 3.05) is 26.7 Å². The summed E-state index contributed by atoms with van der Waals surface area (Å²) in [7, 11) is -1.98. The molecule has 1 amide bonds. The fourth-order valence-electron chi connectivity index (χ4n) is 3.28. The number of fused-ring (bicyclic) bond motifs is 1. The van der Waals surface area contributed by atoms with E-state index in [9.17, 15) is 18.0 Å². The molecule has 152 valence electrons. The quantitative estimate of drug-likeness (QED) is 0.697. The van der Waals surface area contributed by atoms with Crippen LogP contribution in [-0.4, -0.2) is 68.7 Å². The van der Waals surface area contributed by atoms with Gasteiger partial charge in [-0.25, -0.2) is 0 Å². The number of esters is 1. The van der Waals surface area contributed by atoms with Crippen molar-refractivity contribution < 1.29 is 22.7 Å². The predicted octanol–water partition coefficient (Wildman–Crippen LogP) is 1.26. The SMILES string of the molecule is CC(C)N(C)C(=O)COC(=O)C1CCN(C2=NS(=O)(=O)c3ccccc32)CC1. The maximum absolute atomic E-state index is 12.3. The summed E-state index contributed by atoms with van der Waals surface area (Å²) in [5, 5.41) is 0. The van der Waals surface area contributed by atoms with Gasteiger partial charge in [-0.1, -0.05) is 12.1 Å². The third kappa shape index (κ3) is 4.04. The number of hydrogen-bond donors (Lipinski definition) is 0. The Labute approximate surface area is 165 Å². The molecule has 9 heteroatoms. The second-order valence-electron chi connectivity index (χ2n) is 7.35. The number of amidine groups is 1. The smallest absolute Gasteiger partial charge is 0.309 e. The molecule has 2 aliphatic rings. The Morgan fingerprint density at radius 2 is 1.89 bits per heavy atom. The molecule has 28 heavy (non-hydrogen) atoms. The summed E-state index contributed by atoms with van der Waals surface area (Å²) in [5.74, 6) is -0.479. The Morgan fingerprint density at radius 3 is 2.54 bits per heavy atom. The third-order valence-electron chi connectivity index (χ3n) is 5.25. The van der Waals surface area contributed by atoms with Crippen molar-refractivity contribution in [1.29, 1.82) is 0 Å². The van der Waals surface area contributed by atoms with Crippen molar-refractivity contribution in [2.24, 2.45) is 10.3 Å². The molecule has 0 saturated carbocycles. The molecule has 8 nitrogen and oxygen atoms in total. The second-order valence-corrected chi connectivity index (χ2v) is 8.93. The van der Waals surface area contributed by atoms with Crippen molar-refractivity contribution in [1.82, 2.24) is 9.80 Å². The van der Waals surface area contributed by atoms with Crippen molar-refractivity contribution in [2.45, 2.75) is 37.6 Å². The van der Waals surface area contributed by atoms with E-state index in [1.165, 1.54) is 4.90 Å². The van der Waals surface area contributed by atoms with Gasteiger partial charge in [-0.2, -0.15) is 8.42 Å². The van der Waals surface area contributed by atoms with Gasteiger partial charge in [0.2, 0.25) is 0 Å². The van der Waals surface area contributed by atoms with Gasteiger partial charge in [0.05, 0.1) is 5.92 Å². The van der Waals surface area contributed by atoms with Gasteiger partial charge in [-0.15, -0.1) is 4.40 Å². The van der Waals surface area contributed by atoms with E-state index in [0.717, 1.165) is 0 Å². The predicted molar refractivity (Wildman–Crippen MR) is 103 cm³/mol. The lowest BCUT2D eigenvalue weighted by molar-refractivity contribution is -0.156. The number of hydrogen-bond acceptors (Lipinski definition) is 6. The summed E-state index contributed by atoms with van der Waals surface area (Å²) in [4.78, 5) is 27.9. The van der Waals surface area contributed by atoms with Gasteiger partial charge < -0.3 is 14.5 Å². The lowest BCUT2D eigenvalue weighted by atomic mass is 9.96. The van der Waals surface area contributed by atoms with Crippen molar-refractivity contribution >= 4 is 27.7 Å². The van der Waals surface area contributed by atoms with Crippen molar-refractivity contribution in [3.05, 3.63) is 29.8 Å². The molecule has 2 heterocycles. The molecule has 0 radical (unpaired) electrons. The molecule has 0 aliphatic carbocycles. The van der Waals surface area contributed by atoms with E-state index < -0.39 is 10.0 Å². The molecule has 1 aromatic rings. The molecule has 0 bridgehead atoms. The van der Waals surface area contributed by atoms with E-state index in [4.69, 9.17) is 4.74 Å². The Bertz CT molecular complexity index is 902. The molecule has 1 fully saturated rings. The summed E-state index contributed by atoms with van der Waals surface area (Å²) < 4.78 is 33.5. The van der Waals surface area contributed by atoms with E-state index in [1.54, 1.807) is 31.3 Å². The Kier molecular flexibility index (Phi) is 5.74. The zero-order chi connectivity index (χ0) is 20.5.